The van der Waals surface area contributed by atoms with Crippen LogP contribution in [0.1, 0.15) is 39.5 Å². The average Bonchev–Trinajstić information content (AvgIpc) is 2.10. The van der Waals surface area contributed by atoms with Crippen LogP contribution in [0.15, 0.2) is 0 Å². The fourth-order valence-corrected chi connectivity index (χ4v) is 2.90. The molecule has 0 saturated heterocycles. The molecule has 0 heterocycles. The van der Waals surface area contributed by atoms with Gasteiger partial charge in [-0.25, -0.2) is 0 Å². The lowest BCUT2D eigenvalue weighted by Crippen LogP contribution is -2.45. The monoisotopic (exact) mass is 201 g/mol. The van der Waals surface area contributed by atoms with E-state index in [9.17, 15) is 0 Å². The summed E-state index contributed by atoms with van der Waals surface area (Å²) in [4.78, 5) is 0. The van der Waals surface area contributed by atoms with E-state index in [4.69, 9.17) is 5.73 Å². The molecule has 1 fully saturated rings. The van der Waals surface area contributed by atoms with E-state index in [0.717, 1.165) is 18.4 Å². The zero-order valence-electron chi connectivity index (χ0n) is 9.05. The first kappa shape index (κ1) is 11.5. The Hall–Kier alpha value is 0.390. The van der Waals surface area contributed by atoms with E-state index in [0.29, 0.717) is 5.41 Å². The van der Waals surface area contributed by atoms with E-state index in [2.05, 4.69) is 23.1 Å². The molecule has 1 aliphatic rings. The molecule has 0 spiro atoms. The highest BCUT2D eigenvalue weighted by molar-refractivity contribution is 7.16. The van der Waals surface area contributed by atoms with Crippen molar-refractivity contribution < 1.29 is 0 Å². The summed E-state index contributed by atoms with van der Waals surface area (Å²) in [5.74, 6) is 1.86. The van der Waals surface area contributed by atoms with Crippen LogP contribution in [-0.4, -0.2) is 12.7 Å². The van der Waals surface area contributed by atoms with E-state index in [-0.39, 0.29) is 0 Å². The zero-order chi connectivity index (χ0) is 9.90. The average molecular weight is 201 g/mol. The van der Waals surface area contributed by atoms with Crippen LogP contribution in [0.3, 0.4) is 0 Å². The Morgan fingerprint density at radius 1 is 1.31 bits per heavy atom. The summed E-state index contributed by atoms with van der Waals surface area (Å²) < 4.78 is 0. The maximum Gasteiger partial charge on any atom is -0.00744 e. The highest BCUT2D eigenvalue weighted by Crippen LogP contribution is 2.54. The van der Waals surface area contributed by atoms with E-state index in [1.54, 1.807) is 0 Å². The molecule has 3 unspecified atom stereocenters. The predicted molar refractivity (Wildman–Crippen MR) is 62.9 cm³/mol. The van der Waals surface area contributed by atoms with Crippen molar-refractivity contribution in [3.63, 3.8) is 0 Å². The second-order valence-corrected chi connectivity index (χ2v) is 5.54. The van der Waals surface area contributed by atoms with Crippen LogP contribution in [0.4, 0.5) is 0 Å². The van der Waals surface area contributed by atoms with Gasteiger partial charge in [0, 0.05) is 0 Å². The van der Waals surface area contributed by atoms with Gasteiger partial charge in [-0.1, -0.05) is 13.8 Å². The van der Waals surface area contributed by atoms with Crippen molar-refractivity contribution in [1.82, 2.24) is 0 Å². The van der Waals surface area contributed by atoms with Crippen molar-refractivity contribution in [2.75, 3.05) is 12.7 Å². The van der Waals surface area contributed by atoms with Crippen LogP contribution in [0.5, 0.6) is 0 Å². The molecular formula is C11H24NP. The third kappa shape index (κ3) is 2.44. The first-order valence-electron chi connectivity index (χ1n) is 5.53. The summed E-state index contributed by atoms with van der Waals surface area (Å²) in [5, 5.41) is 0. The lowest BCUT2D eigenvalue weighted by atomic mass is 9.53. The number of rotatable bonds is 5. The van der Waals surface area contributed by atoms with Crippen LogP contribution in [0, 0.1) is 17.3 Å². The Morgan fingerprint density at radius 3 is 2.38 bits per heavy atom. The molecular weight excluding hydrogens is 177 g/mol. The molecule has 0 aromatic heterocycles. The summed E-state index contributed by atoms with van der Waals surface area (Å²) in [6.07, 6.45) is 6.69. The van der Waals surface area contributed by atoms with Crippen molar-refractivity contribution in [2.24, 2.45) is 23.0 Å². The van der Waals surface area contributed by atoms with Gasteiger partial charge in [0.25, 0.3) is 0 Å². The Kier molecular flexibility index (Phi) is 4.19. The standard InChI is InChI=1S/C11H24NP/c1-11(2)9(4-3-7-13)8-10(11)5-6-12/h9-10H,3-8,12-13H2,1-2H3. The van der Waals surface area contributed by atoms with Crippen LogP contribution >= 0.6 is 9.24 Å². The summed E-state index contributed by atoms with van der Waals surface area (Å²) in [6.45, 7) is 5.71. The number of hydrogen-bond donors (Lipinski definition) is 1. The first-order chi connectivity index (χ1) is 6.12. The number of hydrogen-bond acceptors (Lipinski definition) is 1. The molecule has 2 N–H and O–H groups in total. The Labute approximate surface area is 85.1 Å². The topological polar surface area (TPSA) is 26.0 Å². The summed E-state index contributed by atoms with van der Waals surface area (Å²) in [6, 6.07) is 0. The van der Waals surface area contributed by atoms with Gasteiger partial charge in [-0.15, -0.1) is 9.24 Å². The molecule has 0 radical (unpaired) electrons. The lowest BCUT2D eigenvalue weighted by molar-refractivity contribution is -0.0288. The summed E-state index contributed by atoms with van der Waals surface area (Å²) >= 11 is 0. The van der Waals surface area contributed by atoms with Gasteiger partial charge in [-0.3, -0.25) is 0 Å². The SMILES string of the molecule is CC1(C)C(CCN)CC1CCCP. The first-order valence-corrected chi connectivity index (χ1v) is 6.34. The molecule has 0 aromatic rings. The molecule has 1 saturated carbocycles. The van der Waals surface area contributed by atoms with E-state index in [1.807, 2.05) is 0 Å². The Morgan fingerprint density at radius 2 is 1.92 bits per heavy atom. The summed E-state index contributed by atoms with van der Waals surface area (Å²) in [7, 11) is 2.82. The number of nitrogens with two attached hydrogens (primary N) is 1. The van der Waals surface area contributed by atoms with Crippen molar-refractivity contribution in [2.45, 2.75) is 39.5 Å². The lowest BCUT2D eigenvalue weighted by Gasteiger charge is -2.53. The van der Waals surface area contributed by atoms with Crippen LogP contribution in [0.2, 0.25) is 0 Å². The molecule has 0 amide bonds. The van der Waals surface area contributed by atoms with Crippen molar-refractivity contribution in [3.8, 4) is 0 Å². The van der Waals surface area contributed by atoms with Gasteiger partial charge in [0.2, 0.25) is 0 Å². The third-order valence-corrected chi connectivity index (χ3v) is 4.35. The maximum absolute atomic E-state index is 5.60. The Bertz CT molecular complexity index is 156. The van der Waals surface area contributed by atoms with Gasteiger partial charge in [0.15, 0.2) is 0 Å². The van der Waals surface area contributed by atoms with Gasteiger partial charge in [0.05, 0.1) is 0 Å². The fraction of sp³-hybridized carbons (Fsp3) is 1.00. The molecule has 1 aliphatic carbocycles. The molecule has 0 aliphatic heterocycles. The van der Waals surface area contributed by atoms with E-state index in [1.165, 1.54) is 31.8 Å². The van der Waals surface area contributed by atoms with Gasteiger partial charge in [0.1, 0.15) is 0 Å². The van der Waals surface area contributed by atoms with Gasteiger partial charge in [-0.2, -0.15) is 0 Å². The largest absolute Gasteiger partial charge is 0.330 e. The predicted octanol–water partition coefficient (Wildman–Crippen LogP) is 2.65. The highest BCUT2D eigenvalue weighted by Gasteiger charge is 2.46. The molecule has 78 valence electrons. The van der Waals surface area contributed by atoms with Crippen molar-refractivity contribution in [3.05, 3.63) is 0 Å². The van der Waals surface area contributed by atoms with E-state index >= 15 is 0 Å². The molecule has 0 bridgehead atoms. The van der Waals surface area contributed by atoms with Crippen LogP contribution in [0.25, 0.3) is 0 Å². The fourth-order valence-electron chi connectivity index (χ4n) is 2.67. The quantitative estimate of drug-likeness (QED) is 0.680. The van der Waals surface area contributed by atoms with Crippen LogP contribution in [-0.2, 0) is 0 Å². The molecule has 2 heteroatoms. The molecule has 3 atom stereocenters. The molecule has 0 aromatic carbocycles. The minimum absolute atomic E-state index is 0.569. The summed E-state index contributed by atoms with van der Waals surface area (Å²) in [5.41, 5.74) is 6.17. The second kappa shape index (κ2) is 4.75. The van der Waals surface area contributed by atoms with Gasteiger partial charge in [-0.05, 0) is 55.6 Å². The highest BCUT2D eigenvalue weighted by atomic mass is 31.0. The normalized spacial score (nSPS) is 31.4. The Balaban J connectivity index is 2.30. The zero-order valence-corrected chi connectivity index (χ0v) is 10.2. The molecule has 13 heavy (non-hydrogen) atoms. The second-order valence-electron chi connectivity index (χ2n) is 4.96. The van der Waals surface area contributed by atoms with Crippen LogP contribution < -0.4 is 5.73 Å². The van der Waals surface area contributed by atoms with Gasteiger partial charge >= 0.3 is 0 Å². The minimum Gasteiger partial charge on any atom is -0.330 e. The minimum atomic E-state index is 0.569. The maximum atomic E-state index is 5.60. The van der Waals surface area contributed by atoms with E-state index < -0.39 is 0 Å². The smallest absolute Gasteiger partial charge is 0.00744 e. The molecule has 1 rings (SSSR count). The third-order valence-electron chi connectivity index (χ3n) is 3.95. The van der Waals surface area contributed by atoms with Gasteiger partial charge < -0.3 is 5.73 Å². The van der Waals surface area contributed by atoms with Crippen molar-refractivity contribution >= 4 is 9.24 Å². The molecule has 1 nitrogen and oxygen atoms in total. The van der Waals surface area contributed by atoms with Crippen molar-refractivity contribution in [1.29, 1.82) is 0 Å².